The molecule has 0 N–H and O–H groups in total. The molecule has 0 fully saturated rings. The van der Waals surface area contributed by atoms with Crippen LogP contribution in [-0.2, 0) is 32.5 Å². The molecule has 2 aliphatic heterocycles. The second kappa shape index (κ2) is 12.5. The molecule has 4 heteroatoms. The molecule has 7 aromatic rings. The van der Waals surface area contributed by atoms with Gasteiger partial charge in [-0.3, -0.25) is 0 Å². The second-order valence-electron chi connectivity index (χ2n) is 24.9. The molecule has 3 aliphatic carbocycles. The normalized spacial score (nSPS) is 20.8. The van der Waals surface area contributed by atoms with Crippen LogP contribution in [0.5, 0.6) is 0 Å². The lowest BCUT2D eigenvalue weighted by molar-refractivity contribution is 0.332. The van der Waals surface area contributed by atoms with Crippen molar-refractivity contribution in [3.8, 4) is 0 Å². The third-order valence-electron chi connectivity index (χ3n) is 17.2. The van der Waals surface area contributed by atoms with Gasteiger partial charge in [0.05, 0.1) is 0 Å². The molecule has 2 nitrogen and oxygen atoms in total. The predicted molar refractivity (Wildman–Crippen MR) is 279 cm³/mol. The van der Waals surface area contributed by atoms with Crippen LogP contribution >= 0.6 is 11.3 Å². The molecule has 5 aliphatic rings. The van der Waals surface area contributed by atoms with Crippen molar-refractivity contribution in [1.29, 1.82) is 0 Å². The molecule has 3 heterocycles. The molecule has 0 spiro atoms. The first-order valence-electron chi connectivity index (χ1n) is 24.2. The Kier molecular flexibility index (Phi) is 7.98. The van der Waals surface area contributed by atoms with Gasteiger partial charge in [-0.25, -0.2) is 0 Å². The number of hydrogen-bond donors (Lipinski definition) is 0. The average Bonchev–Trinajstić information content (AvgIpc) is 3.73. The Morgan fingerprint density at radius 2 is 0.906 bits per heavy atom. The third kappa shape index (κ3) is 5.44. The smallest absolute Gasteiger partial charge is 0.252 e. The van der Waals surface area contributed by atoms with Crippen LogP contribution in [0.3, 0.4) is 0 Å². The number of aryl methyl sites for hydroxylation is 2. The number of rotatable bonds is 2. The van der Waals surface area contributed by atoms with Crippen LogP contribution in [0.4, 0.5) is 34.1 Å². The van der Waals surface area contributed by atoms with E-state index in [-0.39, 0.29) is 39.2 Å². The second-order valence-corrected chi connectivity index (χ2v) is 25.9. The first kappa shape index (κ1) is 40.7. The Hall–Kier alpha value is -4.80. The fourth-order valence-corrected chi connectivity index (χ4v) is 15.5. The molecule has 1 aromatic heterocycles. The van der Waals surface area contributed by atoms with E-state index in [0.717, 1.165) is 12.8 Å². The molecule has 0 amide bonds. The maximum absolute atomic E-state index is 2.74. The van der Waals surface area contributed by atoms with Crippen LogP contribution in [0, 0.1) is 13.8 Å². The van der Waals surface area contributed by atoms with Crippen molar-refractivity contribution in [2.75, 3.05) is 9.80 Å². The number of anilines is 6. The monoisotopic (exact) mass is 856 g/mol. The van der Waals surface area contributed by atoms with Crippen LogP contribution in [0.15, 0.2) is 91.0 Å². The third-order valence-corrected chi connectivity index (χ3v) is 18.4. The van der Waals surface area contributed by atoms with Gasteiger partial charge < -0.3 is 9.80 Å². The van der Waals surface area contributed by atoms with E-state index in [1.807, 2.05) is 11.3 Å². The number of hydrogen-bond acceptors (Lipinski definition) is 3. The fourth-order valence-electron chi connectivity index (χ4n) is 14.4. The minimum atomic E-state index is 0.0665. The summed E-state index contributed by atoms with van der Waals surface area (Å²) in [5, 5.41) is 2.69. The Morgan fingerprint density at radius 3 is 1.52 bits per heavy atom. The summed E-state index contributed by atoms with van der Waals surface area (Å²) in [6.45, 7) is 34.6. The topological polar surface area (TPSA) is 6.48 Å². The zero-order valence-corrected chi connectivity index (χ0v) is 41.7. The number of thiophene rings is 1. The zero-order valence-electron chi connectivity index (χ0n) is 40.9. The molecule has 0 unspecified atom stereocenters. The zero-order chi connectivity index (χ0) is 45.0. The predicted octanol–water partition coefficient (Wildman–Crippen LogP) is 15.0. The molecule has 324 valence electrons. The minimum absolute atomic E-state index is 0.0665. The van der Waals surface area contributed by atoms with Gasteiger partial charge >= 0.3 is 0 Å². The maximum atomic E-state index is 2.74. The molecular formula is C60H65BN2S. The molecular weight excluding hydrogens is 792 g/mol. The van der Waals surface area contributed by atoms with Crippen LogP contribution in [-0.4, -0.2) is 6.71 Å². The van der Waals surface area contributed by atoms with Gasteiger partial charge in [-0.2, -0.15) is 0 Å². The van der Waals surface area contributed by atoms with E-state index in [4.69, 9.17) is 0 Å². The van der Waals surface area contributed by atoms with Crippen molar-refractivity contribution in [1.82, 2.24) is 0 Å². The van der Waals surface area contributed by atoms with E-state index in [1.54, 1.807) is 0 Å². The summed E-state index contributed by atoms with van der Waals surface area (Å²) in [6, 6.07) is 37.2. The first-order valence-corrected chi connectivity index (χ1v) is 25.0. The maximum Gasteiger partial charge on any atom is 0.252 e. The van der Waals surface area contributed by atoms with E-state index in [1.165, 1.54) is 128 Å². The Morgan fingerprint density at radius 1 is 0.438 bits per heavy atom. The van der Waals surface area contributed by atoms with Crippen LogP contribution in [0.2, 0.25) is 0 Å². The molecule has 0 bridgehead atoms. The highest BCUT2D eigenvalue weighted by Crippen LogP contribution is 2.56. The van der Waals surface area contributed by atoms with E-state index in [2.05, 4.69) is 198 Å². The minimum Gasteiger partial charge on any atom is -0.311 e. The molecule has 6 aromatic carbocycles. The van der Waals surface area contributed by atoms with E-state index >= 15 is 0 Å². The highest BCUT2D eigenvalue weighted by atomic mass is 32.1. The Labute approximate surface area is 387 Å². The Bertz CT molecular complexity index is 3220. The van der Waals surface area contributed by atoms with Gasteiger partial charge in [-0.15, -0.1) is 11.3 Å². The summed E-state index contributed by atoms with van der Waals surface area (Å²) in [5.74, 6) is 0. The lowest BCUT2D eigenvalue weighted by atomic mass is 9.33. The molecule has 0 saturated heterocycles. The van der Waals surface area contributed by atoms with Crippen LogP contribution in [0.25, 0.3) is 20.2 Å². The summed E-state index contributed by atoms with van der Waals surface area (Å²) in [4.78, 5) is 5.42. The highest BCUT2D eigenvalue weighted by Gasteiger charge is 2.50. The van der Waals surface area contributed by atoms with E-state index in [0.29, 0.717) is 0 Å². The number of benzene rings is 6. The van der Waals surface area contributed by atoms with Gasteiger partial charge in [0.1, 0.15) is 0 Å². The summed E-state index contributed by atoms with van der Waals surface area (Å²) < 4.78 is 2.69. The van der Waals surface area contributed by atoms with E-state index in [9.17, 15) is 0 Å². The largest absolute Gasteiger partial charge is 0.311 e. The van der Waals surface area contributed by atoms with Crippen molar-refractivity contribution in [3.63, 3.8) is 0 Å². The standard InChI is InChI=1S/C60H65BN2S/c1-34-23-50-54-51(24-34)63(47-29-43-39(25-35(47)2)57(7,8)32-59(43,11)12)49-31-44-41(58(9,10)33-60(44,13)14)28-46(49)61(54)45-27-40-42(56(5,6)22-21-55(40,3)4)30-48(45)62(50)36-19-20-53-38(26-36)37-17-15-16-18-52(37)64-53/h15-20,23-31H,21-22,32-33H2,1-14H3. The molecule has 0 radical (unpaired) electrons. The fraction of sp³-hybridized carbons (Fsp3) is 0.400. The van der Waals surface area contributed by atoms with Crippen LogP contribution in [0.1, 0.15) is 153 Å². The van der Waals surface area contributed by atoms with Gasteiger partial charge in [0.2, 0.25) is 0 Å². The summed E-state index contributed by atoms with van der Waals surface area (Å²) in [7, 11) is 0. The molecule has 12 rings (SSSR count). The molecule has 0 saturated carbocycles. The van der Waals surface area contributed by atoms with Crippen LogP contribution < -0.4 is 26.2 Å². The van der Waals surface area contributed by atoms with Crippen molar-refractivity contribution < 1.29 is 0 Å². The summed E-state index contributed by atoms with van der Waals surface area (Å²) >= 11 is 1.91. The van der Waals surface area contributed by atoms with E-state index < -0.39 is 0 Å². The van der Waals surface area contributed by atoms with Gasteiger partial charge in [0.15, 0.2) is 0 Å². The van der Waals surface area contributed by atoms with Gasteiger partial charge in [-0.05, 0) is 188 Å². The SMILES string of the molecule is Cc1cc2c3c(c1)N(c1cc4c(cc1C)C(C)(C)CC4(C)C)c1cc4c(cc1B3c1cc3c(cc1N2c1ccc2sc5ccccc5c2c1)C(C)(C)CCC3(C)C)C(C)(C)CC4(C)C. The van der Waals surface area contributed by atoms with Gasteiger partial charge in [0, 0.05) is 54.3 Å². The van der Waals surface area contributed by atoms with Crippen molar-refractivity contribution >= 4 is 88.7 Å². The van der Waals surface area contributed by atoms with Crippen molar-refractivity contribution in [2.24, 2.45) is 0 Å². The lowest BCUT2D eigenvalue weighted by Gasteiger charge is -2.48. The van der Waals surface area contributed by atoms with Gasteiger partial charge in [0.25, 0.3) is 6.71 Å². The molecule has 0 atom stereocenters. The quantitative estimate of drug-likeness (QED) is 0.160. The van der Waals surface area contributed by atoms with Crippen molar-refractivity contribution in [2.45, 2.75) is 155 Å². The van der Waals surface area contributed by atoms with Gasteiger partial charge in [-0.1, -0.05) is 119 Å². The average molecular weight is 857 g/mol. The first-order chi connectivity index (χ1) is 30.0. The Balaban J connectivity index is 1.22. The highest BCUT2D eigenvalue weighted by molar-refractivity contribution is 7.25. The molecule has 64 heavy (non-hydrogen) atoms. The summed E-state index contributed by atoms with van der Waals surface area (Å²) in [6.07, 6.45) is 4.67. The van der Waals surface area contributed by atoms with Crippen molar-refractivity contribution in [3.05, 3.63) is 136 Å². The number of fused-ring (bicyclic) bond motifs is 10. The summed E-state index contributed by atoms with van der Waals surface area (Å²) in [5.41, 5.74) is 24.5. The lowest BCUT2D eigenvalue weighted by Crippen LogP contribution is -2.62. The number of nitrogens with zero attached hydrogens (tertiary/aromatic N) is 2.